The number of aliphatic hydroxyl groups excluding tert-OH is 1. The molecule has 2 N–H and O–H groups in total. The second kappa shape index (κ2) is 4.11. The predicted octanol–water partition coefficient (Wildman–Crippen LogP) is 1.05. The molecule has 0 saturated carbocycles. The summed E-state index contributed by atoms with van der Waals surface area (Å²) in [7, 11) is 0. The molecule has 0 saturated heterocycles. The third-order valence-corrected chi connectivity index (χ3v) is 2.59. The molecular weight excluding hydrogens is 236 g/mol. The third kappa shape index (κ3) is 2.03. The Bertz CT molecular complexity index is 340. The molecule has 0 bridgehead atoms. The molecule has 0 radical (unpaired) electrons. The highest BCUT2D eigenvalue weighted by molar-refractivity contribution is 9.10. The highest BCUT2D eigenvalue weighted by Gasteiger charge is 2.13. The summed E-state index contributed by atoms with van der Waals surface area (Å²) in [5.41, 5.74) is 0.760. The number of aromatic amines is 1. The molecule has 4 nitrogen and oxygen atoms in total. The average Bonchev–Trinajstić information content (AvgIpc) is 2.33. The van der Waals surface area contributed by atoms with Crippen molar-refractivity contribution >= 4 is 15.9 Å². The summed E-state index contributed by atoms with van der Waals surface area (Å²) in [6, 6.07) is 0. The Balaban J connectivity index is 3.13. The summed E-state index contributed by atoms with van der Waals surface area (Å²) in [6.07, 6.45) is 0. The molecule has 74 valence electrons. The molecule has 1 aromatic heterocycles. The van der Waals surface area contributed by atoms with Gasteiger partial charge in [0.25, 0.3) is 5.56 Å². The molecule has 13 heavy (non-hydrogen) atoms. The minimum Gasteiger partial charge on any atom is -0.394 e. The van der Waals surface area contributed by atoms with Crippen molar-refractivity contribution < 1.29 is 5.11 Å². The van der Waals surface area contributed by atoms with Crippen LogP contribution in [0.25, 0.3) is 0 Å². The molecule has 0 aliphatic carbocycles. The molecule has 0 aliphatic heterocycles. The zero-order valence-electron chi connectivity index (χ0n) is 7.67. The number of nitrogens with one attached hydrogen (secondary N) is 1. The Morgan fingerprint density at radius 1 is 1.62 bits per heavy atom. The van der Waals surface area contributed by atoms with Gasteiger partial charge in [-0.2, -0.15) is 0 Å². The maximum atomic E-state index is 11.5. The first kappa shape index (κ1) is 10.5. The molecule has 0 aliphatic rings. The van der Waals surface area contributed by atoms with Crippen LogP contribution < -0.4 is 5.56 Å². The average molecular weight is 249 g/mol. The molecule has 0 spiro atoms. The van der Waals surface area contributed by atoms with Crippen LogP contribution >= 0.6 is 15.9 Å². The minimum absolute atomic E-state index is 0.0373. The van der Waals surface area contributed by atoms with Crippen molar-refractivity contribution in [3.63, 3.8) is 0 Å². The van der Waals surface area contributed by atoms with Gasteiger partial charge in [0.2, 0.25) is 0 Å². The fourth-order valence-electron chi connectivity index (χ4n) is 1.12. The van der Waals surface area contributed by atoms with Crippen LogP contribution in [-0.4, -0.2) is 21.5 Å². The molecule has 0 amide bonds. The van der Waals surface area contributed by atoms with Crippen LogP contribution in [0.4, 0.5) is 0 Å². The molecular formula is C8H13BrN2O2. The highest BCUT2D eigenvalue weighted by Crippen LogP contribution is 2.18. The van der Waals surface area contributed by atoms with E-state index in [2.05, 4.69) is 21.0 Å². The van der Waals surface area contributed by atoms with Crippen LogP contribution in [0.3, 0.4) is 0 Å². The number of aromatic nitrogens is 2. The van der Waals surface area contributed by atoms with Crippen molar-refractivity contribution in [2.75, 3.05) is 6.61 Å². The molecule has 0 fully saturated rings. The van der Waals surface area contributed by atoms with E-state index in [1.54, 1.807) is 0 Å². The number of hydrogen-bond donors (Lipinski definition) is 2. The number of aliphatic hydroxyl groups is 1. The fraction of sp³-hybridized carbons (Fsp3) is 0.625. The first-order chi connectivity index (χ1) is 6.07. The topological polar surface area (TPSA) is 58.0 Å². The summed E-state index contributed by atoms with van der Waals surface area (Å²) in [5, 5.41) is 11.6. The zero-order chi connectivity index (χ0) is 10.0. The van der Waals surface area contributed by atoms with E-state index in [1.165, 1.54) is 4.68 Å². The lowest BCUT2D eigenvalue weighted by Gasteiger charge is -2.01. The summed E-state index contributed by atoms with van der Waals surface area (Å²) >= 11 is 3.23. The summed E-state index contributed by atoms with van der Waals surface area (Å²) in [6.45, 7) is 4.27. The predicted molar refractivity (Wildman–Crippen MR) is 53.9 cm³/mol. The van der Waals surface area contributed by atoms with E-state index in [1.807, 2.05) is 13.8 Å². The molecule has 0 aromatic carbocycles. The van der Waals surface area contributed by atoms with Crippen molar-refractivity contribution in [1.82, 2.24) is 9.78 Å². The van der Waals surface area contributed by atoms with Crippen LogP contribution in [0.1, 0.15) is 25.5 Å². The maximum Gasteiger partial charge on any atom is 0.281 e. The standard InChI is InChI=1S/C8H13BrN2O2/c1-5(2)7-6(9)8(13)11(10-7)3-4-12/h5,10,12H,3-4H2,1-2H3. The Morgan fingerprint density at radius 2 is 2.23 bits per heavy atom. The molecule has 0 atom stereocenters. The molecule has 1 heterocycles. The normalized spacial score (nSPS) is 11.2. The van der Waals surface area contributed by atoms with Gasteiger partial charge in [-0.15, -0.1) is 0 Å². The van der Waals surface area contributed by atoms with Gasteiger partial charge >= 0.3 is 0 Å². The Hall–Kier alpha value is -0.550. The van der Waals surface area contributed by atoms with Gasteiger partial charge in [0.1, 0.15) is 4.47 Å². The zero-order valence-corrected chi connectivity index (χ0v) is 9.26. The van der Waals surface area contributed by atoms with Gasteiger partial charge in [-0.1, -0.05) is 13.8 Å². The third-order valence-electron chi connectivity index (χ3n) is 1.83. The maximum absolute atomic E-state index is 11.5. The lowest BCUT2D eigenvalue weighted by molar-refractivity contribution is 0.267. The van der Waals surface area contributed by atoms with Crippen LogP contribution in [0.5, 0.6) is 0 Å². The van der Waals surface area contributed by atoms with Crippen molar-refractivity contribution in [1.29, 1.82) is 0 Å². The van der Waals surface area contributed by atoms with E-state index in [-0.39, 0.29) is 18.1 Å². The molecule has 1 rings (SSSR count). The van der Waals surface area contributed by atoms with Crippen LogP contribution in [-0.2, 0) is 6.54 Å². The molecule has 5 heteroatoms. The number of hydrogen-bond acceptors (Lipinski definition) is 2. The highest BCUT2D eigenvalue weighted by atomic mass is 79.9. The number of rotatable bonds is 3. The van der Waals surface area contributed by atoms with Crippen molar-refractivity contribution in [3.05, 3.63) is 20.5 Å². The van der Waals surface area contributed by atoms with E-state index in [4.69, 9.17) is 5.11 Å². The fourth-order valence-corrected chi connectivity index (χ4v) is 1.88. The van der Waals surface area contributed by atoms with Crippen molar-refractivity contribution in [2.45, 2.75) is 26.3 Å². The van der Waals surface area contributed by atoms with Gasteiger partial charge < -0.3 is 5.11 Å². The van der Waals surface area contributed by atoms with Gasteiger partial charge in [-0.05, 0) is 21.8 Å². The first-order valence-electron chi connectivity index (χ1n) is 4.17. The number of H-pyrrole nitrogens is 1. The first-order valence-corrected chi connectivity index (χ1v) is 4.96. The molecule has 0 unspecified atom stereocenters. The van der Waals surface area contributed by atoms with Crippen molar-refractivity contribution in [2.24, 2.45) is 0 Å². The van der Waals surface area contributed by atoms with E-state index >= 15 is 0 Å². The van der Waals surface area contributed by atoms with E-state index in [0.717, 1.165) is 5.69 Å². The summed E-state index contributed by atoms with van der Waals surface area (Å²) in [5.74, 6) is 0.266. The SMILES string of the molecule is CC(C)c1[nH]n(CCO)c(=O)c1Br. The minimum atomic E-state index is -0.113. The second-order valence-electron chi connectivity index (χ2n) is 3.17. The number of nitrogens with zero attached hydrogens (tertiary/aromatic N) is 1. The van der Waals surface area contributed by atoms with E-state index in [0.29, 0.717) is 11.0 Å². The quantitative estimate of drug-likeness (QED) is 0.841. The smallest absolute Gasteiger partial charge is 0.281 e. The van der Waals surface area contributed by atoms with Gasteiger partial charge in [0, 0.05) is 0 Å². The van der Waals surface area contributed by atoms with Gasteiger partial charge in [-0.3, -0.25) is 9.89 Å². The number of halogens is 1. The monoisotopic (exact) mass is 248 g/mol. The lowest BCUT2D eigenvalue weighted by atomic mass is 10.1. The van der Waals surface area contributed by atoms with E-state index < -0.39 is 0 Å². The molecule has 1 aromatic rings. The summed E-state index contributed by atoms with van der Waals surface area (Å²) in [4.78, 5) is 11.5. The summed E-state index contributed by atoms with van der Waals surface area (Å²) < 4.78 is 1.97. The second-order valence-corrected chi connectivity index (χ2v) is 3.97. The van der Waals surface area contributed by atoms with Crippen LogP contribution in [0.2, 0.25) is 0 Å². The lowest BCUT2D eigenvalue weighted by Crippen LogP contribution is -2.18. The Kier molecular flexibility index (Phi) is 3.33. The van der Waals surface area contributed by atoms with Crippen LogP contribution in [0.15, 0.2) is 9.27 Å². The van der Waals surface area contributed by atoms with Crippen LogP contribution in [0, 0.1) is 0 Å². The van der Waals surface area contributed by atoms with Gasteiger partial charge in [0.15, 0.2) is 0 Å². The van der Waals surface area contributed by atoms with E-state index in [9.17, 15) is 4.79 Å². The largest absolute Gasteiger partial charge is 0.394 e. The van der Waals surface area contributed by atoms with Crippen molar-refractivity contribution in [3.8, 4) is 0 Å². The van der Waals surface area contributed by atoms with Gasteiger partial charge in [-0.25, -0.2) is 4.68 Å². The Morgan fingerprint density at radius 3 is 2.62 bits per heavy atom. The van der Waals surface area contributed by atoms with Gasteiger partial charge in [0.05, 0.1) is 18.8 Å². The Labute approximate surface area is 84.7 Å².